The molecule has 0 aromatic heterocycles. The van der Waals surface area contributed by atoms with Crippen molar-refractivity contribution >= 4 is 0 Å². The summed E-state index contributed by atoms with van der Waals surface area (Å²) in [5.41, 5.74) is 0. The van der Waals surface area contributed by atoms with Crippen molar-refractivity contribution in [3.63, 3.8) is 0 Å². The molecule has 21 heavy (non-hydrogen) atoms. The molecular weight excluding hydrogens is 256 g/mol. The molecule has 1 nitrogen and oxygen atoms in total. The van der Waals surface area contributed by atoms with Gasteiger partial charge in [0.1, 0.15) is 0 Å². The van der Waals surface area contributed by atoms with Crippen LogP contribution in [0.4, 0.5) is 0 Å². The number of ether oxygens (including phenoxy) is 1. The van der Waals surface area contributed by atoms with Crippen LogP contribution in [0.2, 0.25) is 0 Å². The molecule has 0 heterocycles. The van der Waals surface area contributed by atoms with Gasteiger partial charge in [-0.3, -0.25) is 0 Å². The summed E-state index contributed by atoms with van der Waals surface area (Å²) in [7, 11) is 0. The lowest BCUT2D eigenvalue weighted by atomic mass is 9.87. The van der Waals surface area contributed by atoms with Crippen LogP contribution >= 0.6 is 0 Å². The first-order chi connectivity index (χ1) is 10.2. The van der Waals surface area contributed by atoms with E-state index >= 15 is 0 Å². The van der Waals surface area contributed by atoms with E-state index in [1.54, 1.807) is 0 Å². The Morgan fingerprint density at radius 3 is 1.38 bits per heavy atom. The maximum Gasteiger partial charge on any atom is 0.0707 e. The minimum Gasteiger partial charge on any atom is -0.373 e. The van der Waals surface area contributed by atoms with Crippen molar-refractivity contribution in [3.8, 4) is 0 Å². The Balaban J connectivity index is 2.09. The molecule has 0 spiro atoms. The SMILES string of the molecule is C=CC(C)C(OC([C]1[CH][CH][CH][CH]1)C(C)C=C)[C]1[CH][CH][CH][CH]1. The second kappa shape index (κ2) is 8.17. The second-order valence-electron chi connectivity index (χ2n) is 5.60. The Bertz CT molecular complexity index is 291. The highest BCUT2D eigenvalue weighted by molar-refractivity contribution is 5.41. The maximum atomic E-state index is 6.50. The summed E-state index contributed by atoms with van der Waals surface area (Å²) in [5.74, 6) is 2.91. The summed E-state index contributed by atoms with van der Waals surface area (Å²) in [6.07, 6.45) is 20.6. The summed E-state index contributed by atoms with van der Waals surface area (Å²) in [6.45, 7) is 12.1. The summed E-state index contributed by atoms with van der Waals surface area (Å²) >= 11 is 0. The van der Waals surface area contributed by atoms with Crippen LogP contribution in [0, 0.1) is 75.0 Å². The van der Waals surface area contributed by atoms with E-state index in [1.807, 2.05) is 12.2 Å². The fourth-order valence-corrected chi connectivity index (χ4v) is 2.57. The summed E-state index contributed by atoms with van der Waals surface area (Å²) in [4.78, 5) is 0. The molecule has 1 heteroatoms. The highest BCUT2D eigenvalue weighted by Crippen LogP contribution is 2.38. The summed E-state index contributed by atoms with van der Waals surface area (Å²) in [6, 6.07) is 0. The topological polar surface area (TPSA) is 9.23 Å². The van der Waals surface area contributed by atoms with Crippen LogP contribution < -0.4 is 0 Å². The first-order valence-electron chi connectivity index (χ1n) is 7.51. The van der Waals surface area contributed by atoms with Gasteiger partial charge in [-0.25, -0.2) is 0 Å². The van der Waals surface area contributed by atoms with Crippen molar-refractivity contribution in [1.82, 2.24) is 0 Å². The van der Waals surface area contributed by atoms with E-state index in [0.29, 0.717) is 0 Å². The van der Waals surface area contributed by atoms with Crippen molar-refractivity contribution in [2.24, 2.45) is 11.8 Å². The third-order valence-corrected chi connectivity index (χ3v) is 4.03. The fourth-order valence-electron chi connectivity index (χ4n) is 2.57. The zero-order valence-corrected chi connectivity index (χ0v) is 12.9. The average molecular weight is 280 g/mol. The molecule has 10 radical (unpaired) electrons. The van der Waals surface area contributed by atoms with Gasteiger partial charge in [0.25, 0.3) is 0 Å². The van der Waals surface area contributed by atoms with E-state index in [9.17, 15) is 0 Å². The van der Waals surface area contributed by atoms with Crippen LogP contribution in [0.15, 0.2) is 25.3 Å². The van der Waals surface area contributed by atoms with Gasteiger partial charge in [0.15, 0.2) is 0 Å². The van der Waals surface area contributed by atoms with Crippen LogP contribution in [0.25, 0.3) is 0 Å². The van der Waals surface area contributed by atoms with Crippen LogP contribution in [0.5, 0.6) is 0 Å². The van der Waals surface area contributed by atoms with E-state index in [4.69, 9.17) is 4.74 Å². The van der Waals surface area contributed by atoms with E-state index in [-0.39, 0.29) is 24.0 Å². The molecule has 110 valence electrons. The molecule has 0 bridgehead atoms. The third kappa shape index (κ3) is 4.22. The van der Waals surface area contributed by atoms with Gasteiger partial charge in [-0.2, -0.15) is 0 Å². The lowest BCUT2D eigenvalue weighted by Gasteiger charge is -2.36. The highest BCUT2D eigenvalue weighted by atomic mass is 16.5. The van der Waals surface area contributed by atoms with Crippen LogP contribution in [-0.4, -0.2) is 12.2 Å². The van der Waals surface area contributed by atoms with Crippen molar-refractivity contribution in [2.45, 2.75) is 26.1 Å². The molecule has 2 rings (SSSR count). The minimum atomic E-state index is 0.0137. The van der Waals surface area contributed by atoms with Gasteiger partial charge in [0.05, 0.1) is 12.2 Å². The number of hydrogen-bond donors (Lipinski definition) is 0. The zero-order chi connectivity index (χ0) is 15.2. The van der Waals surface area contributed by atoms with Crippen molar-refractivity contribution < 1.29 is 4.74 Å². The van der Waals surface area contributed by atoms with Crippen LogP contribution in [0.1, 0.15) is 13.8 Å². The van der Waals surface area contributed by atoms with E-state index in [1.165, 1.54) is 11.8 Å². The zero-order valence-electron chi connectivity index (χ0n) is 12.9. The first-order valence-corrected chi connectivity index (χ1v) is 7.51. The molecule has 0 aromatic rings. The summed E-state index contributed by atoms with van der Waals surface area (Å²) < 4.78 is 6.50. The lowest BCUT2D eigenvalue weighted by Crippen LogP contribution is -2.37. The van der Waals surface area contributed by atoms with E-state index in [0.717, 1.165) is 0 Å². The van der Waals surface area contributed by atoms with Gasteiger partial charge in [0.2, 0.25) is 0 Å². The Hall–Kier alpha value is -0.560. The normalized spacial score (nSPS) is 26.4. The molecule has 4 atom stereocenters. The van der Waals surface area contributed by atoms with Crippen molar-refractivity contribution in [2.75, 3.05) is 0 Å². The lowest BCUT2D eigenvalue weighted by molar-refractivity contribution is -0.0224. The van der Waals surface area contributed by atoms with E-state index < -0.39 is 0 Å². The van der Waals surface area contributed by atoms with Gasteiger partial charge in [-0.05, 0) is 51.4 Å². The molecule has 0 amide bonds. The Morgan fingerprint density at radius 2 is 1.10 bits per heavy atom. The van der Waals surface area contributed by atoms with Gasteiger partial charge >= 0.3 is 0 Å². The highest BCUT2D eigenvalue weighted by Gasteiger charge is 2.37. The molecule has 0 aliphatic heterocycles. The van der Waals surface area contributed by atoms with Crippen LogP contribution in [0.3, 0.4) is 0 Å². The van der Waals surface area contributed by atoms with Crippen molar-refractivity contribution in [1.29, 1.82) is 0 Å². The van der Waals surface area contributed by atoms with Gasteiger partial charge < -0.3 is 4.74 Å². The Morgan fingerprint density at radius 1 is 0.762 bits per heavy atom. The van der Waals surface area contributed by atoms with E-state index in [2.05, 4.69) is 78.4 Å². The Kier molecular flexibility index (Phi) is 6.54. The predicted molar refractivity (Wildman–Crippen MR) is 88.3 cm³/mol. The first kappa shape index (κ1) is 16.8. The molecule has 0 saturated heterocycles. The molecular formula is C20H24O. The standard InChI is InChI=1S/C20H24O/c1-5-15(3)19(17-11-7-8-12-17)21-20(16(4)6-2)18-13-9-10-14-18/h5-16,19-20H,1-2H2,3-4H3. The molecule has 2 fully saturated rings. The largest absolute Gasteiger partial charge is 0.373 e. The summed E-state index contributed by atoms with van der Waals surface area (Å²) in [5, 5.41) is 0. The van der Waals surface area contributed by atoms with Crippen LogP contribution in [-0.2, 0) is 4.74 Å². The number of rotatable bonds is 8. The fraction of sp³-hybridized carbons (Fsp3) is 0.300. The van der Waals surface area contributed by atoms with Crippen molar-refractivity contribution in [3.05, 3.63) is 88.5 Å². The smallest absolute Gasteiger partial charge is 0.0707 e. The molecule has 0 N–H and O–H groups in total. The second-order valence-corrected chi connectivity index (χ2v) is 5.60. The predicted octanol–water partition coefficient (Wildman–Crippen LogP) is 4.19. The van der Waals surface area contributed by atoms with Gasteiger partial charge in [-0.1, -0.05) is 26.0 Å². The maximum absolute atomic E-state index is 6.50. The van der Waals surface area contributed by atoms with Gasteiger partial charge in [-0.15, -0.1) is 13.2 Å². The molecule has 0 aromatic carbocycles. The molecule has 2 aliphatic rings. The molecule has 4 unspecified atom stereocenters. The Labute approximate surface area is 131 Å². The average Bonchev–Trinajstić information content (AvgIpc) is 3.20. The van der Waals surface area contributed by atoms with Gasteiger partial charge in [0, 0.05) is 23.7 Å². The quantitative estimate of drug-likeness (QED) is 0.606. The third-order valence-electron chi connectivity index (χ3n) is 4.03. The molecule has 2 aliphatic carbocycles. The molecule has 2 saturated carbocycles. The minimum absolute atomic E-state index is 0.0137. The monoisotopic (exact) mass is 280 g/mol. The number of hydrogen-bond acceptors (Lipinski definition) is 1.